The lowest BCUT2D eigenvalue weighted by Gasteiger charge is -1.43. The summed E-state index contributed by atoms with van der Waals surface area (Å²) in [5.41, 5.74) is 0.806. The first-order valence-corrected chi connectivity index (χ1v) is 1.21. The largest absolute Gasteiger partial charge is 0.215 e. The Balaban J connectivity index is 2.55. The summed E-state index contributed by atoms with van der Waals surface area (Å²) < 4.78 is 10.4. The van der Waals surface area contributed by atoms with Crippen LogP contribution in [0, 0.1) is 0 Å². The fourth-order valence-electron chi connectivity index (χ4n) is 0. The minimum atomic E-state index is 0.265. The topological polar surface area (TPSA) is 0 Å². The lowest BCUT2D eigenvalue weighted by atomic mass is 11.2. The van der Waals surface area contributed by atoms with Gasteiger partial charge in [0, 0.05) is 5.54 Å². The van der Waals surface area contributed by atoms with Crippen molar-refractivity contribution in [3.63, 3.8) is 0 Å². The van der Waals surface area contributed by atoms with Gasteiger partial charge in [-0.25, -0.2) is 4.39 Å². The maximum Gasteiger partial charge on any atom is 0.0979 e. The van der Waals surface area contributed by atoms with Gasteiger partial charge in [0.05, 0.1) is 6.33 Å². The molecule has 0 spiro atoms. The Morgan fingerprint density at radius 2 is 2.00 bits per heavy atom. The number of hydrogen-bond donors (Lipinski definition) is 0. The third-order valence-electron chi connectivity index (χ3n) is 0.0476. The Kier molecular flexibility index (Phi) is 2.93. The average molecular weight is 80.5 g/mol. The Morgan fingerprint density at radius 1 is 1.75 bits per heavy atom. The molecular weight excluding hydrogens is 78.5 g/mol. The van der Waals surface area contributed by atoms with Crippen molar-refractivity contribution in [3.8, 4) is 0 Å². The van der Waals surface area contributed by atoms with Gasteiger partial charge in [0.15, 0.2) is 0 Å². The lowest BCUT2D eigenvalue weighted by molar-refractivity contribution is 0.723. The van der Waals surface area contributed by atoms with E-state index in [0.717, 1.165) is 5.54 Å². The van der Waals surface area contributed by atoms with E-state index < -0.39 is 0 Å². The van der Waals surface area contributed by atoms with E-state index in [-0.39, 0.29) is 6.33 Å². The molecule has 0 aromatic carbocycles. The molecule has 0 bridgehead atoms. The van der Waals surface area contributed by atoms with Crippen molar-refractivity contribution in [2.24, 2.45) is 0 Å². The van der Waals surface area contributed by atoms with Crippen LogP contribution in [0.25, 0.3) is 0 Å². The molecule has 0 atom stereocenters. The van der Waals surface area contributed by atoms with E-state index in [1.54, 1.807) is 0 Å². The van der Waals surface area contributed by atoms with E-state index in [0.29, 0.717) is 0 Å². The van der Waals surface area contributed by atoms with Gasteiger partial charge in [-0.05, 0) is 0 Å². The molecule has 0 aliphatic heterocycles. The molecule has 0 fully saturated rings. The van der Waals surface area contributed by atoms with Crippen LogP contribution >= 0.6 is 11.6 Å². The van der Waals surface area contributed by atoms with Crippen molar-refractivity contribution in [1.82, 2.24) is 0 Å². The van der Waals surface area contributed by atoms with Gasteiger partial charge < -0.3 is 0 Å². The van der Waals surface area contributed by atoms with E-state index in [1.807, 2.05) is 0 Å². The molecule has 0 unspecified atom stereocenters. The zero-order valence-electron chi connectivity index (χ0n) is 1.91. The van der Waals surface area contributed by atoms with Crippen LogP contribution in [0.4, 0.5) is 4.39 Å². The van der Waals surface area contributed by atoms with E-state index in [2.05, 4.69) is 11.6 Å². The summed E-state index contributed by atoms with van der Waals surface area (Å²) >= 11 is 4.63. The number of halogens is 2. The number of hydrogen-bond acceptors (Lipinski definition) is 0. The van der Waals surface area contributed by atoms with Gasteiger partial charge in [0.1, 0.15) is 0 Å². The van der Waals surface area contributed by atoms with Gasteiger partial charge in [0.2, 0.25) is 0 Å². The van der Waals surface area contributed by atoms with Crippen molar-refractivity contribution >= 4 is 11.6 Å². The van der Waals surface area contributed by atoms with Crippen LogP contribution in [-0.4, -0.2) is 0 Å². The Hall–Kier alpha value is -0.0400. The maximum absolute atomic E-state index is 10.4. The molecule has 0 radical (unpaired) electrons. The van der Waals surface area contributed by atoms with E-state index in [1.165, 1.54) is 0 Å². The second kappa shape index (κ2) is 2.96. The highest BCUT2D eigenvalue weighted by atomic mass is 35.5. The molecule has 0 saturated heterocycles. The van der Waals surface area contributed by atoms with Gasteiger partial charge >= 0.3 is 0 Å². The van der Waals surface area contributed by atoms with Crippen LogP contribution in [0.3, 0.4) is 0 Å². The van der Waals surface area contributed by atoms with E-state index >= 15 is 0 Å². The van der Waals surface area contributed by atoms with Crippen molar-refractivity contribution in [2.75, 3.05) is 0 Å². The summed E-state index contributed by atoms with van der Waals surface area (Å²) in [5.74, 6) is 0. The maximum atomic E-state index is 10.4. The smallest absolute Gasteiger partial charge is 0.0979 e. The second-order valence-corrected chi connectivity index (χ2v) is 0.504. The summed E-state index contributed by atoms with van der Waals surface area (Å²) in [6.07, 6.45) is 0.265. The Morgan fingerprint density at radius 3 is 2.00 bits per heavy atom. The summed E-state index contributed by atoms with van der Waals surface area (Å²) in [7, 11) is 0. The molecule has 0 rings (SSSR count). The first kappa shape index (κ1) is 3.96. The average Bonchev–Trinajstić information content (AvgIpc) is 1.37. The summed E-state index contributed by atoms with van der Waals surface area (Å²) in [6, 6.07) is 0. The molecule has 0 saturated carbocycles. The van der Waals surface area contributed by atoms with Crippen LogP contribution in [0.2, 0.25) is 0 Å². The highest BCUT2D eigenvalue weighted by molar-refractivity contribution is 6.25. The molecule has 2 heteroatoms. The molecule has 4 heavy (non-hydrogen) atoms. The van der Waals surface area contributed by atoms with Crippen LogP contribution in [0.5, 0.6) is 0 Å². The zero-order valence-corrected chi connectivity index (χ0v) is 2.67. The normalized spacial score (nSPS) is 9.50. The van der Waals surface area contributed by atoms with Crippen LogP contribution in [-0.2, 0) is 0 Å². The molecule has 24 valence electrons. The van der Waals surface area contributed by atoms with Crippen LogP contribution < -0.4 is 0 Å². The first-order chi connectivity index (χ1) is 1.91. The van der Waals surface area contributed by atoms with Gasteiger partial charge in [-0.3, -0.25) is 0 Å². The van der Waals surface area contributed by atoms with Crippen molar-refractivity contribution in [3.05, 3.63) is 11.9 Å². The molecule has 0 aromatic heterocycles. The van der Waals surface area contributed by atoms with Gasteiger partial charge in [-0.2, -0.15) is 0 Å². The van der Waals surface area contributed by atoms with Crippen molar-refractivity contribution < 1.29 is 4.39 Å². The lowest BCUT2D eigenvalue weighted by Crippen LogP contribution is -1.14. The van der Waals surface area contributed by atoms with Gasteiger partial charge in [-0.15, -0.1) is 0 Å². The molecular formula is C2H2ClF. The monoisotopic (exact) mass is 80.0 g/mol. The van der Waals surface area contributed by atoms with Crippen LogP contribution in [0.1, 0.15) is 0 Å². The fraction of sp³-hybridized carbons (Fsp3) is 0. The second-order valence-electron chi connectivity index (χ2n) is 0.252. The van der Waals surface area contributed by atoms with E-state index in [9.17, 15) is 4.39 Å². The van der Waals surface area contributed by atoms with Gasteiger partial charge in [0.25, 0.3) is 0 Å². The van der Waals surface area contributed by atoms with Crippen molar-refractivity contribution in [2.45, 2.75) is 0 Å². The van der Waals surface area contributed by atoms with Crippen LogP contribution in [0.15, 0.2) is 11.9 Å². The Bertz CT molecular complexity index is 21.2. The summed E-state index contributed by atoms with van der Waals surface area (Å²) in [4.78, 5) is 0. The highest BCUT2D eigenvalue weighted by Gasteiger charge is 1.41. The molecule has 0 aliphatic rings. The Labute approximate surface area is 28.9 Å². The third kappa shape index (κ3) is 1.96. The molecule has 0 amide bonds. The molecule has 0 aliphatic carbocycles. The molecule has 0 aromatic rings. The molecule has 0 N–H and O–H groups in total. The highest BCUT2D eigenvalue weighted by Crippen LogP contribution is 1.73. The minimum Gasteiger partial charge on any atom is -0.215 e. The third-order valence-corrected chi connectivity index (χ3v) is 0.143. The summed E-state index contributed by atoms with van der Waals surface area (Å²) in [5, 5.41) is 0. The predicted molar refractivity (Wildman–Crippen MR) is 16.1 cm³/mol. The summed E-state index contributed by atoms with van der Waals surface area (Å²) in [6.45, 7) is 0. The van der Waals surface area contributed by atoms with Crippen molar-refractivity contribution in [1.29, 1.82) is 0 Å². The molecule has 0 heterocycles. The molecule has 0 nitrogen and oxygen atoms in total. The predicted octanol–water partition coefficient (Wildman–Crippen LogP) is 1.67. The van der Waals surface area contributed by atoms with Gasteiger partial charge in [-0.1, -0.05) is 11.6 Å². The number of rotatable bonds is 0. The minimum absolute atomic E-state index is 0.265. The standard InChI is InChI=1S/C2H2ClF/c3-1-2-4/h1-2H/b2-1+. The zero-order chi connectivity index (χ0) is 3.41. The SMILES string of the molecule is F/C=C/Cl. The van der Waals surface area contributed by atoms with E-state index in [4.69, 9.17) is 0 Å². The fourth-order valence-corrected chi connectivity index (χ4v) is 0. The quantitative estimate of drug-likeness (QED) is 0.415. The first-order valence-electron chi connectivity index (χ1n) is 0.770.